The molecule has 1 aliphatic heterocycles. The molecule has 1 fully saturated rings. The molecule has 1 aromatic rings. The summed E-state index contributed by atoms with van der Waals surface area (Å²) in [5.74, 6) is 0.254. The largest absolute Gasteiger partial charge is 0.381 e. The number of ketones is 1. The van der Waals surface area contributed by atoms with E-state index >= 15 is 0 Å². The van der Waals surface area contributed by atoms with Gasteiger partial charge in [-0.05, 0) is 19.3 Å². The van der Waals surface area contributed by atoms with Crippen molar-refractivity contribution in [2.24, 2.45) is 5.92 Å². The van der Waals surface area contributed by atoms with Gasteiger partial charge >= 0.3 is 0 Å². The van der Waals surface area contributed by atoms with Crippen molar-refractivity contribution in [3.63, 3.8) is 0 Å². The van der Waals surface area contributed by atoms with Gasteiger partial charge in [0, 0.05) is 25.7 Å². The maximum Gasteiger partial charge on any atom is 0.185 e. The van der Waals surface area contributed by atoms with E-state index < -0.39 is 0 Å². The fourth-order valence-corrected chi connectivity index (χ4v) is 1.99. The first-order valence-corrected chi connectivity index (χ1v) is 5.83. The van der Waals surface area contributed by atoms with E-state index in [1.165, 1.54) is 0 Å². The van der Waals surface area contributed by atoms with E-state index in [4.69, 9.17) is 4.74 Å². The highest BCUT2D eigenvalue weighted by Crippen LogP contribution is 2.19. The van der Waals surface area contributed by atoms with Gasteiger partial charge in [-0.25, -0.2) is 4.68 Å². The van der Waals surface area contributed by atoms with E-state index in [1.807, 2.05) is 0 Å². The molecule has 0 aliphatic carbocycles. The van der Waals surface area contributed by atoms with Gasteiger partial charge in [-0.3, -0.25) is 4.79 Å². The molecule has 0 amide bonds. The second kappa shape index (κ2) is 5.21. The van der Waals surface area contributed by atoms with Crippen molar-refractivity contribution in [3.05, 3.63) is 11.9 Å². The van der Waals surface area contributed by atoms with Crippen molar-refractivity contribution in [1.82, 2.24) is 15.0 Å². The number of carbonyl (C=O) groups excluding carboxylic acids is 1. The predicted molar refractivity (Wildman–Crippen MR) is 58.2 cm³/mol. The minimum atomic E-state index is 0.0860. The van der Waals surface area contributed by atoms with E-state index in [-0.39, 0.29) is 11.7 Å². The van der Waals surface area contributed by atoms with Gasteiger partial charge in [0.2, 0.25) is 0 Å². The van der Waals surface area contributed by atoms with Crippen LogP contribution < -0.4 is 0 Å². The minimum absolute atomic E-state index is 0.0860. The Labute approximate surface area is 94.8 Å². The normalized spacial score (nSPS) is 17.6. The third-order valence-corrected chi connectivity index (χ3v) is 2.90. The van der Waals surface area contributed by atoms with Gasteiger partial charge in [0.25, 0.3) is 0 Å². The number of rotatable bonds is 4. The molecular weight excluding hydrogens is 206 g/mol. The summed E-state index contributed by atoms with van der Waals surface area (Å²) in [6.45, 7) is 4.19. The zero-order chi connectivity index (χ0) is 11.4. The molecule has 0 saturated carbocycles. The molecule has 0 atom stereocenters. The van der Waals surface area contributed by atoms with Gasteiger partial charge in [-0.15, -0.1) is 5.10 Å². The molecule has 16 heavy (non-hydrogen) atoms. The lowest BCUT2D eigenvalue weighted by molar-refractivity contribution is 0.0538. The van der Waals surface area contributed by atoms with Gasteiger partial charge in [0.15, 0.2) is 5.78 Å². The van der Waals surface area contributed by atoms with Crippen LogP contribution in [-0.4, -0.2) is 34.0 Å². The summed E-state index contributed by atoms with van der Waals surface area (Å²) in [7, 11) is 0. The molecule has 0 N–H and O–H groups in total. The molecule has 5 nitrogen and oxygen atoms in total. The summed E-state index contributed by atoms with van der Waals surface area (Å²) in [6, 6.07) is 0. The Balaban J connectivity index is 2.09. The first-order chi connectivity index (χ1) is 7.83. The zero-order valence-corrected chi connectivity index (χ0v) is 9.56. The maximum absolute atomic E-state index is 12.2. The Hall–Kier alpha value is -1.23. The lowest BCUT2D eigenvalue weighted by Crippen LogP contribution is -2.25. The van der Waals surface area contributed by atoms with Crippen molar-refractivity contribution >= 4 is 5.78 Å². The monoisotopic (exact) mass is 223 g/mol. The second-order valence-electron chi connectivity index (χ2n) is 4.09. The molecule has 0 unspecified atom stereocenters. The molecule has 2 heterocycles. The van der Waals surface area contributed by atoms with E-state index in [1.54, 1.807) is 10.9 Å². The highest BCUT2D eigenvalue weighted by molar-refractivity contribution is 5.96. The molecule has 2 rings (SSSR count). The standard InChI is InChI=1S/C11H17N3O2/c1-2-5-14-10(8-12-13-14)11(15)9-3-6-16-7-4-9/h8-9H,2-7H2,1H3. The Kier molecular flexibility index (Phi) is 3.66. The van der Waals surface area contributed by atoms with Crippen LogP contribution in [-0.2, 0) is 11.3 Å². The third-order valence-electron chi connectivity index (χ3n) is 2.90. The van der Waals surface area contributed by atoms with Gasteiger partial charge in [0.1, 0.15) is 5.69 Å². The van der Waals surface area contributed by atoms with Crippen LogP contribution in [0.15, 0.2) is 6.20 Å². The van der Waals surface area contributed by atoms with Crippen molar-refractivity contribution in [2.45, 2.75) is 32.7 Å². The number of carbonyl (C=O) groups is 1. The fourth-order valence-electron chi connectivity index (χ4n) is 1.99. The molecule has 1 aromatic heterocycles. The van der Waals surface area contributed by atoms with E-state index in [0.29, 0.717) is 18.9 Å². The predicted octanol–water partition coefficient (Wildman–Crippen LogP) is 1.30. The summed E-state index contributed by atoms with van der Waals surface area (Å²) in [6.07, 6.45) is 4.16. The first-order valence-electron chi connectivity index (χ1n) is 5.83. The van der Waals surface area contributed by atoms with Crippen LogP contribution in [0.2, 0.25) is 0 Å². The summed E-state index contributed by atoms with van der Waals surface area (Å²) >= 11 is 0. The van der Waals surface area contributed by atoms with Crippen molar-refractivity contribution in [1.29, 1.82) is 0 Å². The van der Waals surface area contributed by atoms with Gasteiger partial charge < -0.3 is 4.74 Å². The van der Waals surface area contributed by atoms with Gasteiger partial charge in [-0.2, -0.15) is 0 Å². The van der Waals surface area contributed by atoms with Gasteiger partial charge in [0.05, 0.1) is 6.20 Å². The lowest BCUT2D eigenvalue weighted by Gasteiger charge is -2.20. The molecule has 1 aliphatic rings. The van der Waals surface area contributed by atoms with E-state index in [2.05, 4.69) is 17.2 Å². The topological polar surface area (TPSA) is 57.0 Å². The number of hydrogen-bond acceptors (Lipinski definition) is 4. The summed E-state index contributed by atoms with van der Waals surface area (Å²) < 4.78 is 6.96. The first kappa shape index (κ1) is 11.3. The second-order valence-corrected chi connectivity index (χ2v) is 4.09. The van der Waals surface area contributed by atoms with Crippen LogP contribution in [0.4, 0.5) is 0 Å². The maximum atomic E-state index is 12.2. The number of ether oxygens (including phenoxy) is 1. The molecular formula is C11H17N3O2. The van der Waals surface area contributed by atoms with Crippen molar-refractivity contribution in [2.75, 3.05) is 13.2 Å². The SMILES string of the molecule is CCCn1nncc1C(=O)C1CCOCC1. The number of hydrogen-bond donors (Lipinski definition) is 0. The van der Waals surface area contributed by atoms with Crippen molar-refractivity contribution < 1.29 is 9.53 Å². The quantitative estimate of drug-likeness (QED) is 0.722. The van der Waals surface area contributed by atoms with Crippen LogP contribution >= 0.6 is 0 Å². The molecule has 88 valence electrons. The van der Waals surface area contributed by atoms with E-state index in [0.717, 1.165) is 25.8 Å². The van der Waals surface area contributed by atoms with Crippen LogP contribution in [0.3, 0.4) is 0 Å². The van der Waals surface area contributed by atoms with E-state index in [9.17, 15) is 4.79 Å². The summed E-state index contributed by atoms with van der Waals surface area (Å²) in [4.78, 5) is 12.2. The number of nitrogens with zero attached hydrogens (tertiary/aromatic N) is 3. The average Bonchev–Trinajstić information content (AvgIpc) is 2.78. The Bertz CT molecular complexity index is 356. The Morgan fingerprint density at radius 2 is 2.31 bits per heavy atom. The summed E-state index contributed by atoms with van der Waals surface area (Å²) in [5, 5.41) is 7.75. The smallest absolute Gasteiger partial charge is 0.185 e. The highest BCUT2D eigenvalue weighted by atomic mass is 16.5. The molecule has 0 radical (unpaired) electrons. The average molecular weight is 223 g/mol. The number of Topliss-reactive ketones (excluding diaryl/α,β-unsaturated/α-hetero) is 1. The van der Waals surface area contributed by atoms with Crippen LogP contribution in [0.1, 0.15) is 36.7 Å². The van der Waals surface area contributed by atoms with Crippen LogP contribution in [0.25, 0.3) is 0 Å². The zero-order valence-electron chi connectivity index (χ0n) is 9.56. The number of aromatic nitrogens is 3. The molecule has 1 saturated heterocycles. The minimum Gasteiger partial charge on any atom is -0.381 e. The molecule has 0 aromatic carbocycles. The Morgan fingerprint density at radius 1 is 1.56 bits per heavy atom. The van der Waals surface area contributed by atoms with Crippen LogP contribution in [0.5, 0.6) is 0 Å². The Morgan fingerprint density at radius 3 is 3.00 bits per heavy atom. The lowest BCUT2D eigenvalue weighted by atomic mass is 9.94. The molecule has 5 heteroatoms. The third kappa shape index (κ3) is 2.29. The molecule has 0 bridgehead atoms. The molecule has 0 spiro atoms. The highest BCUT2D eigenvalue weighted by Gasteiger charge is 2.25. The number of aryl methyl sites for hydroxylation is 1. The van der Waals surface area contributed by atoms with Crippen LogP contribution in [0, 0.1) is 5.92 Å². The van der Waals surface area contributed by atoms with Crippen molar-refractivity contribution in [3.8, 4) is 0 Å². The fraction of sp³-hybridized carbons (Fsp3) is 0.727. The van der Waals surface area contributed by atoms with Gasteiger partial charge in [-0.1, -0.05) is 12.1 Å². The summed E-state index contributed by atoms with van der Waals surface area (Å²) in [5.41, 5.74) is 0.647.